The average Bonchev–Trinajstić information content (AvgIpc) is 2.49. The molecule has 2 heterocycles. The molecule has 0 aromatic heterocycles. The van der Waals surface area contributed by atoms with Crippen molar-refractivity contribution >= 4 is 5.97 Å². The van der Waals surface area contributed by atoms with Crippen molar-refractivity contribution in [1.82, 2.24) is 4.90 Å². The van der Waals surface area contributed by atoms with Gasteiger partial charge in [0.1, 0.15) is 5.82 Å². The van der Waals surface area contributed by atoms with E-state index in [0.29, 0.717) is 0 Å². The Morgan fingerprint density at radius 3 is 2.68 bits per heavy atom. The summed E-state index contributed by atoms with van der Waals surface area (Å²) in [4.78, 5) is 14.8. The zero-order valence-electron chi connectivity index (χ0n) is 13.5. The fourth-order valence-corrected chi connectivity index (χ4v) is 4.49. The molecule has 4 atom stereocenters. The molecule has 2 fully saturated rings. The normalized spacial score (nSPS) is 35.2. The molecule has 0 radical (unpaired) electrons. The third-order valence-corrected chi connectivity index (χ3v) is 5.84. The van der Waals surface area contributed by atoms with E-state index in [9.17, 15) is 9.18 Å². The van der Waals surface area contributed by atoms with E-state index < -0.39 is 0 Å². The third-order valence-electron chi connectivity index (χ3n) is 5.84. The van der Waals surface area contributed by atoms with E-state index in [4.69, 9.17) is 4.74 Å². The Morgan fingerprint density at radius 1 is 1.36 bits per heavy atom. The van der Waals surface area contributed by atoms with Crippen LogP contribution in [0.1, 0.15) is 44.1 Å². The van der Waals surface area contributed by atoms with Crippen LogP contribution in [0.3, 0.4) is 0 Å². The molecular weight excluding hydrogens is 281 g/mol. The summed E-state index contributed by atoms with van der Waals surface area (Å²) in [5, 5.41) is 0. The number of carbonyl (C=O) groups is 1. The van der Waals surface area contributed by atoms with Crippen LogP contribution in [0, 0.1) is 11.7 Å². The van der Waals surface area contributed by atoms with E-state index in [-0.39, 0.29) is 35.2 Å². The Balaban J connectivity index is 2.01. The smallest absolute Gasteiger partial charge is 0.310 e. The topological polar surface area (TPSA) is 29.5 Å². The molecule has 0 N–H and O–H groups in total. The van der Waals surface area contributed by atoms with Gasteiger partial charge in [-0.05, 0) is 50.9 Å². The molecule has 3 nitrogen and oxygen atoms in total. The highest BCUT2D eigenvalue weighted by Crippen LogP contribution is 2.50. The number of fused-ring (bicyclic) bond motifs is 2. The second-order valence-electron chi connectivity index (χ2n) is 6.98. The lowest BCUT2D eigenvalue weighted by molar-refractivity contribution is -0.156. The minimum atomic E-state index is -0.238. The van der Waals surface area contributed by atoms with Gasteiger partial charge in [0.05, 0.1) is 13.0 Å². The van der Waals surface area contributed by atoms with Gasteiger partial charge in [0, 0.05) is 17.5 Å². The molecule has 2 saturated heterocycles. The largest absolute Gasteiger partial charge is 0.469 e. The lowest BCUT2D eigenvalue weighted by Crippen LogP contribution is -2.62. The second kappa shape index (κ2) is 5.65. The van der Waals surface area contributed by atoms with Gasteiger partial charge in [-0.3, -0.25) is 9.69 Å². The van der Waals surface area contributed by atoms with Crippen molar-refractivity contribution in [1.29, 1.82) is 0 Å². The average molecular weight is 305 g/mol. The molecule has 120 valence electrons. The van der Waals surface area contributed by atoms with Gasteiger partial charge in [0.15, 0.2) is 0 Å². The van der Waals surface area contributed by atoms with Crippen LogP contribution in [0.2, 0.25) is 0 Å². The Hall–Kier alpha value is -1.42. The molecule has 1 aromatic carbocycles. The van der Waals surface area contributed by atoms with Gasteiger partial charge < -0.3 is 4.74 Å². The molecule has 2 bridgehead atoms. The lowest BCUT2D eigenvalue weighted by atomic mass is 9.64. The summed E-state index contributed by atoms with van der Waals surface area (Å²) in [5.41, 5.74) is 1.15. The fraction of sp³-hybridized carbons (Fsp3) is 0.611. The minimum Gasteiger partial charge on any atom is -0.469 e. The number of methoxy groups -OCH3 is 1. The highest BCUT2D eigenvalue weighted by Gasteiger charge is 2.52. The van der Waals surface area contributed by atoms with Crippen molar-refractivity contribution in [3.8, 4) is 0 Å². The SMILES string of the molecule is COC(=O)C1C(c2ccc(F)cc2)CC2(C)CCCC1N2C. The van der Waals surface area contributed by atoms with E-state index in [0.717, 1.165) is 31.2 Å². The van der Waals surface area contributed by atoms with Gasteiger partial charge in [-0.15, -0.1) is 0 Å². The van der Waals surface area contributed by atoms with Crippen molar-refractivity contribution in [2.45, 2.75) is 50.1 Å². The molecule has 0 spiro atoms. The number of benzene rings is 1. The first-order chi connectivity index (χ1) is 10.5. The molecular formula is C18H24FNO2. The number of ether oxygens (including phenoxy) is 1. The molecule has 22 heavy (non-hydrogen) atoms. The van der Waals surface area contributed by atoms with Crippen LogP contribution in [0.4, 0.5) is 4.39 Å². The van der Waals surface area contributed by atoms with E-state index in [1.54, 1.807) is 0 Å². The van der Waals surface area contributed by atoms with Crippen LogP contribution < -0.4 is 0 Å². The van der Waals surface area contributed by atoms with Gasteiger partial charge in [0.25, 0.3) is 0 Å². The van der Waals surface area contributed by atoms with Crippen LogP contribution in [0.5, 0.6) is 0 Å². The van der Waals surface area contributed by atoms with Crippen LogP contribution in [-0.2, 0) is 9.53 Å². The van der Waals surface area contributed by atoms with Crippen molar-refractivity contribution in [3.63, 3.8) is 0 Å². The van der Waals surface area contributed by atoms with Crippen LogP contribution >= 0.6 is 0 Å². The van der Waals surface area contributed by atoms with Crippen LogP contribution in [-0.4, -0.2) is 36.6 Å². The monoisotopic (exact) mass is 305 g/mol. The summed E-state index contributed by atoms with van der Waals surface area (Å²) in [5.74, 6) is -0.457. The zero-order chi connectivity index (χ0) is 15.9. The molecule has 1 aromatic rings. The Labute approximate surface area is 131 Å². The summed E-state index contributed by atoms with van der Waals surface area (Å²) in [6, 6.07) is 6.82. The van der Waals surface area contributed by atoms with Crippen LogP contribution in [0.15, 0.2) is 24.3 Å². The van der Waals surface area contributed by atoms with Gasteiger partial charge in [-0.1, -0.05) is 18.6 Å². The number of piperidine rings is 2. The standard InChI is InChI=1S/C18H24FNO2/c1-18-10-4-5-15(20(18)2)16(17(21)22-3)14(11-18)12-6-8-13(19)9-7-12/h6-9,14-16H,4-5,10-11H2,1-3H3. The highest BCUT2D eigenvalue weighted by molar-refractivity contribution is 5.75. The van der Waals surface area contributed by atoms with E-state index in [2.05, 4.69) is 18.9 Å². The van der Waals surface area contributed by atoms with Crippen molar-refractivity contribution in [2.24, 2.45) is 5.92 Å². The molecule has 3 rings (SSSR count). The number of carbonyl (C=O) groups excluding carboxylic acids is 1. The Bertz CT molecular complexity index is 559. The number of halogens is 1. The van der Waals surface area contributed by atoms with Gasteiger partial charge in [-0.2, -0.15) is 0 Å². The molecule has 2 aliphatic heterocycles. The predicted molar refractivity (Wildman–Crippen MR) is 83.1 cm³/mol. The molecule has 4 unspecified atom stereocenters. The minimum absolute atomic E-state index is 0.0968. The summed E-state index contributed by atoms with van der Waals surface area (Å²) >= 11 is 0. The lowest BCUT2D eigenvalue weighted by Gasteiger charge is -2.57. The number of hydrogen-bond donors (Lipinski definition) is 0. The summed E-state index contributed by atoms with van der Waals surface area (Å²) in [7, 11) is 3.58. The number of hydrogen-bond acceptors (Lipinski definition) is 3. The molecule has 4 heteroatoms. The highest BCUT2D eigenvalue weighted by atomic mass is 19.1. The molecule has 0 amide bonds. The summed E-state index contributed by atoms with van der Waals surface area (Å²) < 4.78 is 18.3. The maximum atomic E-state index is 13.2. The molecule has 2 aliphatic rings. The summed E-state index contributed by atoms with van der Waals surface area (Å²) in [6.07, 6.45) is 4.22. The number of esters is 1. The van der Waals surface area contributed by atoms with Crippen LogP contribution in [0.25, 0.3) is 0 Å². The number of rotatable bonds is 2. The first-order valence-electron chi connectivity index (χ1n) is 8.02. The fourth-order valence-electron chi connectivity index (χ4n) is 4.49. The maximum absolute atomic E-state index is 13.2. The summed E-state index contributed by atoms with van der Waals surface area (Å²) in [6.45, 7) is 2.28. The molecule has 0 aliphatic carbocycles. The maximum Gasteiger partial charge on any atom is 0.310 e. The first-order valence-corrected chi connectivity index (χ1v) is 8.02. The Kier molecular flexibility index (Phi) is 3.98. The van der Waals surface area contributed by atoms with E-state index in [1.165, 1.54) is 19.2 Å². The van der Waals surface area contributed by atoms with Gasteiger partial charge in [0.2, 0.25) is 0 Å². The van der Waals surface area contributed by atoms with Crippen molar-refractivity contribution < 1.29 is 13.9 Å². The van der Waals surface area contributed by atoms with Gasteiger partial charge >= 0.3 is 5.97 Å². The zero-order valence-corrected chi connectivity index (χ0v) is 13.5. The first kappa shape index (κ1) is 15.5. The second-order valence-corrected chi connectivity index (χ2v) is 6.98. The van der Waals surface area contributed by atoms with Gasteiger partial charge in [-0.25, -0.2) is 4.39 Å². The van der Waals surface area contributed by atoms with E-state index >= 15 is 0 Å². The number of nitrogens with zero attached hydrogens (tertiary/aromatic N) is 1. The quantitative estimate of drug-likeness (QED) is 0.785. The van der Waals surface area contributed by atoms with Crippen molar-refractivity contribution in [3.05, 3.63) is 35.6 Å². The van der Waals surface area contributed by atoms with E-state index in [1.807, 2.05) is 12.1 Å². The third kappa shape index (κ3) is 2.43. The predicted octanol–water partition coefficient (Wildman–Crippen LogP) is 3.35. The Morgan fingerprint density at radius 2 is 2.05 bits per heavy atom. The van der Waals surface area contributed by atoms with Crippen molar-refractivity contribution in [2.75, 3.05) is 14.2 Å². The molecule has 0 saturated carbocycles.